The Hall–Kier alpha value is -1.29. The van der Waals surface area contributed by atoms with E-state index < -0.39 is 0 Å². The molecule has 0 amide bonds. The van der Waals surface area contributed by atoms with E-state index in [1.54, 1.807) is 6.20 Å². The number of aromatic amines is 1. The van der Waals surface area contributed by atoms with Crippen LogP contribution in [0.3, 0.4) is 0 Å². The molecule has 14 heavy (non-hydrogen) atoms. The molecule has 2 N–H and O–H groups in total. The Bertz CT molecular complexity index is 419. The van der Waals surface area contributed by atoms with Crippen LogP contribution in [0.2, 0.25) is 0 Å². The van der Waals surface area contributed by atoms with Crippen molar-refractivity contribution in [2.75, 3.05) is 5.32 Å². The Morgan fingerprint density at radius 3 is 2.57 bits per heavy atom. The number of nitrogens with zero attached hydrogens (tertiary/aromatic N) is 1. The number of halogens is 1. The monoisotopic (exact) mass is 251 g/mol. The van der Waals surface area contributed by atoms with E-state index in [0.29, 0.717) is 0 Å². The molecule has 0 atom stereocenters. The molecule has 1 heterocycles. The standard InChI is InChI=1S/C10H10BrN3/c1-7-10(6-12-14-7)13-9-4-2-8(11)3-5-9/h2-6,13H,1H3,(H,12,14). The van der Waals surface area contributed by atoms with Gasteiger partial charge in [0.2, 0.25) is 0 Å². The Labute approximate surface area is 90.7 Å². The van der Waals surface area contributed by atoms with Crippen molar-refractivity contribution in [2.24, 2.45) is 0 Å². The largest absolute Gasteiger partial charge is 0.353 e. The number of aryl methyl sites for hydroxylation is 1. The number of H-pyrrole nitrogens is 1. The lowest BCUT2D eigenvalue weighted by molar-refractivity contribution is 1.05. The van der Waals surface area contributed by atoms with Crippen molar-refractivity contribution >= 4 is 27.3 Å². The summed E-state index contributed by atoms with van der Waals surface area (Å²) >= 11 is 3.39. The fourth-order valence-corrected chi connectivity index (χ4v) is 1.43. The molecule has 0 aliphatic heterocycles. The van der Waals surface area contributed by atoms with Crippen molar-refractivity contribution in [3.8, 4) is 0 Å². The molecular weight excluding hydrogens is 242 g/mol. The maximum absolute atomic E-state index is 3.94. The van der Waals surface area contributed by atoms with Gasteiger partial charge in [-0.15, -0.1) is 0 Å². The second-order valence-corrected chi connectivity index (χ2v) is 3.96. The number of aromatic nitrogens is 2. The smallest absolute Gasteiger partial charge is 0.0797 e. The van der Waals surface area contributed by atoms with E-state index in [2.05, 4.69) is 31.4 Å². The molecule has 0 unspecified atom stereocenters. The van der Waals surface area contributed by atoms with Crippen LogP contribution in [0.15, 0.2) is 34.9 Å². The van der Waals surface area contributed by atoms with Gasteiger partial charge in [0, 0.05) is 10.2 Å². The molecule has 72 valence electrons. The molecule has 2 aromatic rings. The topological polar surface area (TPSA) is 40.7 Å². The third-order valence-corrected chi connectivity index (χ3v) is 2.48. The number of anilines is 2. The molecule has 1 aromatic carbocycles. The number of hydrogen-bond acceptors (Lipinski definition) is 2. The number of benzene rings is 1. The van der Waals surface area contributed by atoms with Crippen LogP contribution in [0, 0.1) is 6.92 Å². The van der Waals surface area contributed by atoms with E-state index in [9.17, 15) is 0 Å². The molecule has 0 aliphatic carbocycles. The van der Waals surface area contributed by atoms with Gasteiger partial charge < -0.3 is 5.32 Å². The molecule has 0 radical (unpaired) electrons. The minimum atomic E-state index is 1.01. The Morgan fingerprint density at radius 1 is 1.29 bits per heavy atom. The van der Waals surface area contributed by atoms with Crippen LogP contribution in [-0.4, -0.2) is 10.2 Å². The second kappa shape index (κ2) is 3.84. The first-order valence-electron chi connectivity index (χ1n) is 4.28. The zero-order valence-electron chi connectivity index (χ0n) is 7.71. The highest BCUT2D eigenvalue weighted by molar-refractivity contribution is 9.10. The van der Waals surface area contributed by atoms with E-state index in [1.807, 2.05) is 31.2 Å². The van der Waals surface area contributed by atoms with Crippen molar-refractivity contribution < 1.29 is 0 Å². The lowest BCUT2D eigenvalue weighted by atomic mass is 10.3. The first-order valence-corrected chi connectivity index (χ1v) is 5.07. The van der Waals surface area contributed by atoms with E-state index in [1.165, 1.54) is 0 Å². The van der Waals surface area contributed by atoms with Gasteiger partial charge in [-0.3, -0.25) is 5.10 Å². The molecule has 0 aliphatic rings. The molecule has 0 bridgehead atoms. The molecule has 1 aromatic heterocycles. The van der Waals surface area contributed by atoms with Crippen molar-refractivity contribution in [3.63, 3.8) is 0 Å². The van der Waals surface area contributed by atoms with Crippen LogP contribution < -0.4 is 5.32 Å². The summed E-state index contributed by atoms with van der Waals surface area (Å²) < 4.78 is 1.08. The minimum absolute atomic E-state index is 1.01. The van der Waals surface area contributed by atoms with E-state index in [-0.39, 0.29) is 0 Å². The van der Waals surface area contributed by atoms with Crippen LogP contribution in [0.1, 0.15) is 5.69 Å². The molecule has 0 saturated carbocycles. The first-order chi connectivity index (χ1) is 6.75. The van der Waals surface area contributed by atoms with Gasteiger partial charge in [0.15, 0.2) is 0 Å². The van der Waals surface area contributed by atoms with Crippen molar-refractivity contribution in [3.05, 3.63) is 40.6 Å². The summed E-state index contributed by atoms with van der Waals surface area (Å²) in [4.78, 5) is 0. The molecule has 0 fully saturated rings. The Balaban J connectivity index is 2.19. The molecule has 0 saturated heterocycles. The van der Waals surface area contributed by atoms with Gasteiger partial charge in [0.1, 0.15) is 0 Å². The summed E-state index contributed by atoms with van der Waals surface area (Å²) in [5, 5.41) is 10.1. The lowest BCUT2D eigenvalue weighted by Gasteiger charge is -2.04. The van der Waals surface area contributed by atoms with Crippen LogP contribution in [0.4, 0.5) is 11.4 Å². The maximum Gasteiger partial charge on any atom is 0.0797 e. The average Bonchev–Trinajstić information content (AvgIpc) is 2.56. The zero-order chi connectivity index (χ0) is 9.97. The number of hydrogen-bond donors (Lipinski definition) is 2. The van der Waals surface area contributed by atoms with Crippen LogP contribution in [0.5, 0.6) is 0 Å². The zero-order valence-corrected chi connectivity index (χ0v) is 9.30. The Morgan fingerprint density at radius 2 is 2.00 bits per heavy atom. The molecule has 0 spiro atoms. The third-order valence-electron chi connectivity index (χ3n) is 1.95. The highest BCUT2D eigenvalue weighted by Crippen LogP contribution is 2.20. The highest BCUT2D eigenvalue weighted by atomic mass is 79.9. The van der Waals surface area contributed by atoms with Gasteiger partial charge in [-0.1, -0.05) is 15.9 Å². The highest BCUT2D eigenvalue weighted by Gasteiger charge is 1.99. The fourth-order valence-electron chi connectivity index (χ4n) is 1.17. The lowest BCUT2D eigenvalue weighted by Crippen LogP contribution is -1.89. The van der Waals surface area contributed by atoms with Gasteiger partial charge in [-0.2, -0.15) is 5.10 Å². The third kappa shape index (κ3) is 1.96. The maximum atomic E-state index is 3.94. The summed E-state index contributed by atoms with van der Waals surface area (Å²) in [6.07, 6.45) is 1.78. The molecule has 4 heteroatoms. The van der Waals surface area contributed by atoms with Crippen LogP contribution in [-0.2, 0) is 0 Å². The molecular formula is C10H10BrN3. The van der Waals surface area contributed by atoms with Crippen molar-refractivity contribution in [1.29, 1.82) is 0 Å². The van der Waals surface area contributed by atoms with Crippen molar-refractivity contribution in [1.82, 2.24) is 10.2 Å². The quantitative estimate of drug-likeness (QED) is 0.861. The summed E-state index contributed by atoms with van der Waals surface area (Å²) in [6, 6.07) is 8.02. The second-order valence-electron chi connectivity index (χ2n) is 3.04. The summed E-state index contributed by atoms with van der Waals surface area (Å²) in [5.74, 6) is 0. The summed E-state index contributed by atoms with van der Waals surface area (Å²) in [7, 11) is 0. The van der Waals surface area contributed by atoms with Gasteiger partial charge in [-0.25, -0.2) is 0 Å². The number of nitrogens with one attached hydrogen (secondary N) is 2. The first kappa shape index (κ1) is 9.27. The van der Waals surface area contributed by atoms with E-state index >= 15 is 0 Å². The normalized spacial score (nSPS) is 10.1. The van der Waals surface area contributed by atoms with Gasteiger partial charge >= 0.3 is 0 Å². The van der Waals surface area contributed by atoms with Gasteiger partial charge in [-0.05, 0) is 31.2 Å². The fraction of sp³-hybridized carbons (Fsp3) is 0.100. The summed E-state index contributed by atoms with van der Waals surface area (Å²) in [5.41, 5.74) is 3.10. The minimum Gasteiger partial charge on any atom is -0.353 e. The SMILES string of the molecule is Cc1[nH]ncc1Nc1ccc(Br)cc1. The van der Waals surface area contributed by atoms with E-state index in [0.717, 1.165) is 21.5 Å². The predicted octanol–water partition coefficient (Wildman–Crippen LogP) is 3.22. The van der Waals surface area contributed by atoms with E-state index in [4.69, 9.17) is 0 Å². The number of rotatable bonds is 2. The Kier molecular flexibility index (Phi) is 2.54. The van der Waals surface area contributed by atoms with Crippen LogP contribution >= 0.6 is 15.9 Å². The van der Waals surface area contributed by atoms with Gasteiger partial charge in [0.05, 0.1) is 17.6 Å². The van der Waals surface area contributed by atoms with Crippen LogP contribution in [0.25, 0.3) is 0 Å². The van der Waals surface area contributed by atoms with Crippen molar-refractivity contribution in [2.45, 2.75) is 6.92 Å². The van der Waals surface area contributed by atoms with Gasteiger partial charge in [0.25, 0.3) is 0 Å². The summed E-state index contributed by atoms with van der Waals surface area (Å²) in [6.45, 7) is 1.98. The predicted molar refractivity (Wildman–Crippen MR) is 60.7 cm³/mol. The molecule has 3 nitrogen and oxygen atoms in total. The average molecular weight is 252 g/mol. The molecule has 2 rings (SSSR count).